The Morgan fingerprint density at radius 2 is 2.04 bits per heavy atom. The Morgan fingerprint density at radius 1 is 1.19 bits per heavy atom. The van der Waals surface area contributed by atoms with E-state index in [9.17, 15) is 9.50 Å². The minimum Gasteiger partial charge on any atom is -0.396 e. The zero-order valence-electron chi connectivity index (χ0n) is 14.4. The van der Waals surface area contributed by atoms with Crippen LogP contribution in [0.3, 0.4) is 0 Å². The van der Waals surface area contributed by atoms with Crippen molar-refractivity contribution in [3.05, 3.63) is 54.9 Å². The summed E-state index contributed by atoms with van der Waals surface area (Å²) >= 11 is 0. The topological polar surface area (TPSA) is 65.1 Å². The SMILES string of the molecule is OCC1(Cn2ccnc2-c2cc(F)ccc2-n2cccn2)CCOCC1. The maximum atomic E-state index is 14.0. The number of halogens is 1. The van der Waals surface area contributed by atoms with Gasteiger partial charge in [-0.25, -0.2) is 14.1 Å². The third-order valence-electron chi connectivity index (χ3n) is 5.06. The lowest BCUT2D eigenvalue weighted by atomic mass is 9.81. The van der Waals surface area contributed by atoms with Crippen LogP contribution in [-0.2, 0) is 11.3 Å². The molecule has 4 rings (SSSR count). The summed E-state index contributed by atoms with van der Waals surface area (Å²) in [4.78, 5) is 4.47. The van der Waals surface area contributed by atoms with Crippen molar-refractivity contribution in [3.63, 3.8) is 0 Å². The van der Waals surface area contributed by atoms with Crippen LogP contribution in [0.5, 0.6) is 0 Å². The van der Waals surface area contributed by atoms with Gasteiger partial charge in [-0.15, -0.1) is 0 Å². The number of hydrogen-bond donors (Lipinski definition) is 1. The van der Waals surface area contributed by atoms with Crippen LogP contribution in [0.2, 0.25) is 0 Å². The molecular formula is C19H21FN4O2. The summed E-state index contributed by atoms with van der Waals surface area (Å²) in [6, 6.07) is 6.42. The van der Waals surface area contributed by atoms with E-state index in [1.165, 1.54) is 12.1 Å². The first-order valence-corrected chi connectivity index (χ1v) is 8.70. The minimum absolute atomic E-state index is 0.0865. The van der Waals surface area contributed by atoms with E-state index in [1.807, 2.05) is 23.0 Å². The van der Waals surface area contributed by atoms with Crippen LogP contribution in [0.25, 0.3) is 17.1 Å². The predicted molar refractivity (Wildman–Crippen MR) is 94.3 cm³/mol. The molecule has 0 spiro atoms. The van der Waals surface area contributed by atoms with E-state index < -0.39 is 0 Å². The molecule has 1 aliphatic heterocycles. The molecule has 26 heavy (non-hydrogen) atoms. The Hall–Kier alpha value is -2.51. The van der Waals surface area contributed by atoms with Crippen molar-refractivity contribution < 1.29 is 14.2 Å². The van der Waals surface area contributed by atoms with Crippen molar-refractivity contribution in [1.82, 2.24) is 19.3 Å². The molecule has 0 radical (unpaired) electrons. The van der Waals surface area contributed by atoms with E-state index in [1.54, 1.807) is 23.1 Å². The summed E-state index contributed by atoms with van der Waals surface area (Å²) in [5, 5.41) is 14.2. The molecule has 1 aromatic carbocycles. The number of rotatable bonds is 5. The van der Waals surface area contributed by atoms with Gasteiger partial charge in [0.1, 0.15) is 11.6 Å². The van der Waals surface area contributed by atoms with E-state index in [0.717, 1.165) is 18.5 Å². The molecule has 1 N–H and O–H groups in total. The van der Waals surface area contributed by atoms with E-state index in [2.05, 4.69) is 10.1 Å². The first-order valence-electron chi connectivity index (χ1n) is 8.70. The van der Waals surface area contributed by atoms with Gasteiger partial charge in [-0.1, -0.05) is 0 Å². The molecule has 0 unspecified atom stereocenters. The highest BCUT2D eigenvalue weighted by atomic mass is 19.1. The summed E-state index contributed by atoms with van der Waals surface area (Å²) in [5.74, 6) is 0.336. The molecule has 0 saturated carbocycles. The number of hydrogen-bond acceptors (Lipinski definition) is 4. The molecule has 0 bridgehead atoms. The van der Waals surface area contributed by atoms with Crippen molar-refractivity contribution in [1.29, 1.82) is 0 Å². The van der Waals surface area contributed by atoms with Crippen molar-refractivity contribution in [2.24, 2.45) is 5.41 Å². The van der Waals surface area contributed by atoms with Gasteiger partial charge in [0.25, 0.3) is 0 Å². The van der Waals surface area contributed by atoms with Crippen molar-refractivity contribution in [2.75, 3.05) is 19.8 Å². The van der Waals surface area contributed by atoms with Crippen molar-refractivity contribution in [2.45, 2.75) is 19.4 Å². The lowest BCUT2D eigenvalue weighted by Gasteiger charge is -2.36. The number of aromatic nitrogens is 4. The third-order valence-corrected chi connectivity index (χ3v) is 5.06. The second-order valence-corrected chi connectivity index (χ2v) is 6.76. The molecule has 7 heteroatoms. The highest BCUT2D eigenvalue weighted by Gasteiger charge is 2.33. The van der Waals surface area contributed by atoms with Crippen LogP contribution in [0.4, 0.5) is 4.39 Å². The first kappa shape index (κ1) is 16.9. The van der Waals surface area contributed by atoms with E-state index in [0.29, 0.717) is 31.1 Å². The van der Waals surface area contributed by atoms with Crippen LogP contribution >= 0.6 is 0 Å². The van der Waals surface area contributed by atoms with Gasteiger partial charge >= 0.3 is 0 Å². The van der Waals surface area contributed by atoms with Crippen LogP contribution in [0.1, 0.15) is 12.8 Å². The largest absolute Gasteiger partial charge is 0.396 e. The summed E-state index contributed by atoms with van der Waals surface area (Å²) in [5.41, 5.74) is 1.18. The maximum absolute atomic E-state index is 14.0. The van der Waals surface area contributed by atoms with E-state index in [4.69, 9.17) is 4.74 Å². The number of aliphatic hydroxyl groups is 1. The molecule has 2 aromatic heterocycles. The summed E-state index contributed by atoms with van der Waals surface area (Å²) in [7, 11) is 0. The third kappa shape index (κ3) is 3.15. The van der Waals surface area contributed by atoms with Crippen molar-refractivity contribution in [3.8, 4) is 17.1 Å². The molecular weight excluding hydrogens is 335 g/mol. The second-order valence-electron chi connectivity index (χ2n) is 6.76. The molecule has 0 atom stereocenters. The number of benzene rings is 1. The fourth-order valence-electron chi connectivity index (χ4n) is 3.51. The lowest BCUT2D eigenvalue weighted by Crippen LogP contribution is -2.37. The van der Waals surface area contributed by atoms with Crippen LogP contribution in [0, 0.1) is 11.2 Å². The first-order chi connectivity index (χ1) is 12.7. The molecule has 0 aliphatic carbocycles. The average molecular weight is 356 g/mol. The minimum atomic E-state index is -0.326. The van der Waals surface area contributed by atoms with E-state index in [-0.39, 0.29) is 17.8 Å². The quantitative estimate of drug-likeness (QED) is 0.763. The Bertz CT molecular complexity index is 870. The molecule has 3 aromatic rings. The van der Waals surface area contributed by atoms with Gasteiger partial charge in [0, 0.05) is 55.5 Å². The molecule has 136 valence electrons. The van der Waals surface area contributed by atoms with Gasteiger partial charge in [-0.05, 0) is 37.1 Å². The monoisotopic (exact) mass is 356 g/mol. The molecule has 1 saturated heterocycles. The molecule has 1 aliphatic rings. The zero-order chi connectivity index (χ0) is 18.0. The number of imidazole rings is 1. The molecule has 0 amide bonds. The predicted octanol–water partition coefficient (Wildman–Crippen LogP) is 2.66. The highest BCUT2D eigenvalue weighted by Crippen LogP contribution is 2.34. The Balaban J connectivity index is 1.75. The molecule has 3 heterocycles. The Morgan fingerprint density at radius 3 is 2.77 bits per heavy atom. The second kappa shape index (κ2) is 7.01. The van der Waals surface area contributed by atoms with E-state index >= 15 is 0 Å². The standard InChI is InChI=1S/C19H21FN4O2/c20-15-2-3-17(24-8-1-6-22-24)16(12-15)18-21-7-9-23(18)13-19(14-25)4-10-26-11-5-19/h1-3,6-9,12,25H,4-5,10-11,13-14H2. The lowest BCUT2D eigenvalue weighted by molar-refractivity contribution is -0.0250. The highest BCUT2D eigenvalue weighted by molar-refractivity contribution is 5.67. The zero-order valence-corrected chi connectivity index (χ0v) is 14.4. The van der Waals surface area contributed by atoms with Crippen LogP contribution in [0.15, 0.2) is 49.1 Å². The Kier molecular flexibility index (Phi) is 4.57. The molecule has 6 nitrogen and oxygen atoms in total. The van der Waals surface area contributed by atoms with Crippen LogP contribution in [-0.4, -0.2) is 44.3 Å². The molecule has 1 fully saturated rings. The average Bonchev–Trinajstić information content (AvgIpc) is 3.34. The number of ether oxygens (including phenoxy) is 1. The number of aliphatic hydroxyl groups excluding tert-OH is 1. The smallest absolute Gasteiger partial charge is 0.142 e. The summed E-state index contributed by atoms with van der Waals surface area (Å²) in [6.45, 7) is 1.98. The summed E-state index contributed by atoms with van der Waals surface area (Å²) in [6.07, 6.45) is 8.66. The van der Waals surface area contributed by atoms with Gasteiger partial charge in [-0.3, -0.25) is 0 Å². The van der Waals surface area contributed by atoms with Gasteiger partial charge in [0.2, 0.25) is 0 Å². The normalized spacial score (nSPS) is 16.7. The fourth-order valence-corrected chi connectivity index (χ4v) is 3.51. The Labute approximate surface area is 150 Å². The summed E-state index contributed by atoms with van der Waals surface area (Å²) < 4.78 is 23.1. The van der Waals surface area contributed by atoms with Gasteiger partial charge in [-0.2, -0.15) is 5.10 Å². The van der Waals surface area contributed by atoms with Crippen molar-refractivity contribution >= 4 is 0 Å². The maximum Gasteiger partial charge on any atom is 0.142 e. The van der Waals surface area contributed by atoms with Gasteiger partial charge < -0.3 is 14.4 Å². The fraction of sp³-hybridized carbons (Fsp3) is 0.368. The van der Waals surface area contributed by atoms with Crippen LogP contribution < -0.4 is 0 Å². The van der Waals surface area contributed by atoms with Gasteiger partial charge in [0.05, 0.1) is 12.3 Å². The van der Waals surface area contributed by atoms with Gasteiger partial charge in [0.15, 0.2) is 0 Å². The number of nitrogens with zero attached hydrogens (tertiary/aromatic N) is 4.